The van der Waals surface area contributed by atoms with Crippen molar-refractivity contribution in [3.8, 4) is 0 Å². The van der Waals surface area contributed by atoms with Crippen LogP contribution in [0.4, 0.5) is 5.69 Å². The van der Waals surface area contributed by atoms with Crippen molar-refractivity contribution in [2.45, 2.75) is 46.7 Å². The highest BCUT2D eigenvalue weighted by atomic mass is 16.5. The molecule has 0 bridgehead atoms. The van der Waals surface area contributed by atoms with E-state index in [1.165, 1.54) is 7.11 Å². The van der Waals surface area contributed by atoms with Gasteiger partial charge in [0.2, 0.25) is 0 Å². The monoisotopic (exact) mass is 442 g/mol. The molecule has 170 valence electrons. The second-order valence-electron chi connectivity index (χ2n) is 8.43. The minimum absolute atomic E-state index is 0.320. The van der Waals surface area contributed by atoms with Crippen LogP contribution in [0, 0.1) is 20.8 Å². The Balaban J connectivity index is 1.59. The smallest absolute Gasteiger partial charge is 0.332 e. The number of nitrogens with one attached hydrogen (secondary N) is 1. The van der Waals surface area contributed by atoms with Crippen LogP contribution in [-0.2, 0) is 22.5 Å². The first-order valence-electron chi connectivity index (χ1n) is 11.2. The molecule has 2 heterocycles. The molecule has 0 fully saturated rings. The van der Waals surface area contributed by atoms with Crippen LogP contribution in [0.2, 0.25) is 0 Å². The summed E-state index contributed by atoms with van der Waals surface area (Å²) in [6, 6.07) is 17.5. The van der Waals surface area contributed by atoms with Gasteiger partial charge in [-0.2, -0.15) is 0 Å². The molecule has 4 rings (SSSR count). The lowest BCUT2D eigenvalue weighted by molar-refractivity contribution is -0.141. The number of ether oxygens (including phenoxy) is 1. The van der Waals surface area contributed by atoms with Crippen LogP contribution in [0.5, 0.6) is 0 Å². The first-order valence-corrected chi connectivity index (χ1v) is 11.2. The number of methoxy groups -OCH3 is 1. The van der Waals surface area contributed by atoms with E-state index < -0.39 is 6.04 Å². The molecular weight excluding hydrogens is 412 g/mol. The Morgan fingerprint density at radius 3 is 2.48 bits per heavy atom. The van der Waals surface area contributed by atoms with Crippen molar-refractivity contribution in [3.05, 3.63) is 88.4 Å². The number of rotatable bonds is 7. The maximum Gasteiger partial charge on any atom is 0.332 e. The molecule has 33 heavy (non-hydrogen) atoms. The number of esters is 1. The Morgan fingerprint density at radius 2 is 1.82 bits per heavy atom. The van der Waals surface area contributed by atoms with Gasteiger partial charge < -0.3 is 14.6 Å². The Bertz CT molecular complexity index is 1290. The summed E-state index contributed by atoms with van der Waals surface area (Å²) in [4.78, 5) is 22.1. The summed E-state index contributed by atoms with van der Waals surface area (Å²) in [5.74, 6) is 0.706. The molecule has 4 aromatic rings. The molecule has 6 heteroatoms. The molecule has 6 nitrogen and oxygen atoms in total. The third-order valence-corrected chi connectivity index (χ3v) is 5.84. The third kappa shape index (κ3) is 4.75. The molecule has 0 saturated heterocycles. The number of hydrogen-bond donors (Lipinski definition) is 1. The number of pyridine rings is 1. The largest absolute Gasteiger partial charge is 0.467 e. The summed E-state index contributed by atoms with van der Waals surface area (Å²) in [6.07, 6.45) is 0.839. The van der Waals surface area contributed by atoms with Crippen LogP contribution in [0.3, 0.4) is 0 Å². The van der Waals surface area contributed by atoms with Gasteiger partial charge in [0.15, 0.2) is 11.7 Å². The van der Waals surface area contributed by atoms with Crippen LogP contribution in [0.25, 0.3) is 11.2 Å². The zero-order chi connectivity index (χ0) is 23.5. The first-order chi connectivity index (χ1) is 15.9. The summed E-state index contributed by atoms with van der Waals surface area (Å²) in [5.41, 5.74) is 8.00. The van der Waals surface area contributed by atoms with Crippen molar-refractivity contribution in [2.24, 2.45) is 0 Å². The number of nitrogens with zero attached hydrogens (tertiary/aromatic N) is 3. The zero-order valence-electron chi connectivity index (χ0n) is 19.8. The zero-order valence-corrected chi connectivity index (χ0v) is 19.8. The van der Waals surface area contributed by atoms with E-state index in [0.717, 1.165) is 57.0 Å². The average molecular weight is 443 g/mol. The summed E-state index contributed by atoms with van der Waals surface area (Å²) in [6.45, 7) is 8.91. The summed E-state index contributed by atoms with van der Waals surface area (Å²) >= 11 is 0. The predicted octanol–water partition coefficient (Wildman–Crippen LogP) is 5.29. The van der Waals surface area contributed by atoms with Gasteiger partial charge in [-0.1, -0.05) is 48.9 Å². The summed E-state index contributed by atoms with van der Waals surface area (Å²) in [5, 5.41) is 3.32. The Labute approximate surface area is 194 Å². The molecule has 0 saturated carbocycles. The minimum Gasteiger partial charge on any atom is -0.467 e. The number of carbonyl (C=O) groups is 1. The van der Waals surface area contributed by atoms with E-state index in [9.17, 15) is 4.79 Å². The molecule has 0 spiro atoms. The van der Waals surface area contributed by atoms with Gasteiger partial charge in [-0.15, -0.1) is 0 Å². The number of carbonyl (C=O) groups excluding carboxylic acids is 1. The Hall–Kier alpha value is -3.67. The quantitative estimate of drug-likeness (QED) is 0.394. The van der Waals surface area contributed by atoms with Crippen LogP contribution in [-0.4, -0.2) is 27.6 Å². The molecular formula is C27H30N4O2. The van der Waals surface area contributed by atoms with Gasteiger partial charge in [0.1, 0.15) is 11.3 Å². The van der Waals surface area contributed by atoms with Crippen LogP contribution in [0.15, 0.2) is 54.6 Å². The lowest BCUT2D eigenvalue weighted by Gasteiger charge is -2.19. The number of anilines is 1. The average Bonchev–Trinajstić information content (AvgIpc) is 3.15. The van der Waals surface area contributed by atoms with E-state index in [1.807, 2.05) is 50.2 Å². The van der Waals surface area contributed by atoms with Crippen molar-refractivity contribution < 1.29 is 9.53 Å². The summed E-state index contributed by atoms with van der Waals surface area (Å²) < 4.78 is 7.24. The van der Waals surface area contributed by atoms with Crippen molar-refractivity contribution in [3.63, 3.8) is 0 Å². The highest BCUT2D eigenvalue weighted by molar-refractivity contribution is 5.81. The molecule has 0 amide bonds. The molecule has 0 aliphatic carbocycles. The second-order valence-corrected chi connectivity index (χ2v) is 8.43. The number of aryl methyl sites for hydroxylation is 4. The normalized spacial score (nSPS) is 12.0. The Morgan fingerprint density at radius 1 is 1.06 bits per heavy atom. The lowest BCUT2D eigenvalue weighted by atomic mass is 10.0. The van der Waals surface area contributed by atoms with Gasteiger partial charge in [-0.25, -0.2) is 14.8 Å². The molecule has 1 N–H and O–H groups in total. The third-order valence-electron chi connectivity index (χ3n) is 5.84. The fraction of sp³-hybridized carbons (Fsp3) is 0.296. The first kappa shape index (κ1) is 22.5. The predicted molar refractivity (Wildman–Crippen MR) is 131 cm³/mol. The number of imidazole rings is 1. The number of fused-ring (bicyclic) bond motifs is 1. The van der Waals surface area contributed by atoms with E-state index in [4.69, 9.17) is 14.7 Å². The molecule has 1 unspecified atom stereocenters. The lowest BCUT2D eigenvalue weighted by Crippen LogP contribution is -2.22. The van der Waals surface area contributed by atoms with Gasteiger partial charge in [0.05, 0.1) is 13.7 Å². The maximum absolute atomic E-state index is 12.5. The van der Waals surface area contributed by atoms with Crippen molar-refractivity contribution in [1.29, 1.82) is 0 Å². The SMILES string of the molecule is CCc1nc2c(C)cc(C)nc2n1Cc1ccc(NC(C(=O)OC)c2cccc(C)c2)cc1. The van der Waals surface area contributed by atoms with Gasteiger partial charge in [-0.05, 0) is 55.7 Å². The van der Waals surface area contributed by atoms with E-state index in [-0.39, 0.29) is 5.97 Å². The van der Waals surface area contributed by atoms with Crippen molar-refractivity contribution in [1.82, 2.24) is 14.5 Å². The topological polar surface area (TPSA) is 69.0 Å². The maximum atomic E-state index is 12.5. The van der Waals surface area contributed by atoms with Gasteiger partial charge in [-0.3, -0.25) is 0 Å². The van der Waals surface area contributed by atoms with Crippen LogP contribution in [0.1, 0.15) is 46.7 Å². The highest BCUT2D eigenvalue weighted by Gasteiger charge is 2.21. The number of aromatic nitrogens is 3. The second kappa shape index (κ2) is 9.45. The van der Waals surface area contributed by atoms with Crippen molar-refractivity contribution >= 4 is 22.8 Å². The van der Waals surface area contributed by atoms with E-state index in [2.05, 4.69) is 41.9 Å². The molecule has 1 atom stereocenters. The van der Waals surface area contributed by atoms with Gasteiger partial charge in [0, 0.05) is 17.8 Å². The van der Waals surface area contributed by atoms with Crippen molar-refractivity contribution in [2.75, 3.05) is 12.4 Å². The molecule has 2 aromatic heterocycles. The van der Waals surface area contributed by atoms with E-state index in [1.54, 1.807) is 0 Å². The number of hydrogen-bond acceptors (Lipinski definition) is 5. The standard InChI is InChI=1S/C27H30N4O2/c1-6-23-30-24-18(3)15-19(4)28-26(24)31(23)16-20-10-12-22(13-11-20)29-25(27(32)33-5)21-9-7-8-17(2)14-21/h7-15,25,29H,6,16H2,1-5H3. The highest BCUT2D eigenvalue weighted by Crippen LogP contribution is 2.24. The van der Waals surface area contributed by atoms with E-state index >= 15 is 0 Å². The van der Waals surface area contributed by atoms with Crippen LogP contribution < -0.4 is 5.32 Å². The fourth-order valence-corrected chi connectivity index (χ4v) is 4.19. The fourth-order valence-electron chi connectivity index (χ4n) is 4.19. The molecule has 0 radical (unpaired) electrons. The number of benzene rings is 2. The molecule has 0 aliphatic rings. The minimum atomic E-state index is -0.569. The molecule has 0 aliphatic heterocycles. The van der Waals surface area contributed by atoms with Gasteiger partial charge in [0.25, 0.3) is 0 Å². The van der Waals surface area contributed by atoms with Crippen LogP contribution >= 0.6 is 0 Å². The van der Waals surface area contributed by atoms with Gasteiger partial charge >= 0.3 is 5.97 Å². The molecule has 2 aromatic carbocycles. The summed E-state index contributed by atoms with van der Waals surface area (Å²) in [7, 11) is 1.41. The Kier molecular flexibility index (Phi) is 6.45. The van der Waals surface area contributed by atoms with E-state index in [0.29, 0.717) is 6.54 Å².